The molecule has 0 fully saturated rings. The molecule has 0 radical (unpaired) electrons. The molecule has 0 unspecified atom stereocenters. The molecular formula is C15H12BrN3O2. The molecule has 0 bridgehead atoms. The van der Waals surface area contributed by atoms with Crippen LogP contribution in [-0.4, -0.2) is 4.92 Å². The maximum atomic E-state index is 10.7. The first-order valence-electron chi connectivity index (χ1n) is 6.14. The Bertz CT molecular complexity index is 743. The van der Waals surface area contributed by atoms with E-state index in [1.54, 1.807) is 6.07 Å². The van der Waals surface area contributed by atoms with Gasteiger partial charge in [-0.3, -0.25) is 10.1 Å². The zero-order valence-electron chi connectivity index (χ0n) is 11.5. The third-order valence-corrected chi connectivity index (χ3v) is 4.30. The Balaban J connectivity index is 2.40. The van der Waals surface area contributed by atoms with Crippen LogP contribution in [0, 0.1) is 35.3 Å². The van der Waals surface area contributed by atoms with Gasteiger partial charge in [0.1, 0.15) is 6.07 Å². The van der Waals surface area contributed by atoms with Crippen LogP contribution < -0.4 is 5.32 Å². The summed E-state index contributed by atoms with van der Waals surface area (Å²) < 4.78 is 1.04. The van der Waals surface area contributed by atoms with Crippen LogP contribution in [0.3, 0.4) is 0 Å². The molecule has 106 valence electrons. The van der Waals surface area contributed by atoms with E-state index in [1.807, 2.05) is 32.0 Å². The number of nitriles is 1. The predicted octanol–water partition coefficient (Wildman–Crippen LogP) is 4.59. The van der Waals surface area contributed by atoms with E-state index in [0.717, 1.165) is 21.3 Å². The summed E-state index contributed by atoms with van der Waals surface area (Å²) in [6, 6.07) is 10.1. The second kappa shape index (κ2) is 5.94. The number of hydrogen-bond acceptors (Lipinski definition) is 4. The fourth-order valence-electron chi connectivity index (χ4n) is 2.02. The second-order valence-corrected chi connectivity index (χ2v) is 5.44. The van der Waals surface area contributed by atoms with Gasteiger partial charge in [-0.15, -0.1) is 0 Å². The van der Waals surface area contributed by atoms with Crippen molar-refractivity contribution in [3.8, 4) is 6.07 Å². The van der Waals surface area contributed by atoms with Gasteiger partial charge in [0, 0.05) is 22.3 Å². The lowest BCUT2D eigenvalue weighted by Gasteiger charge is -2.11. The van der Waals surface area contributed by atoms with E-state index in [4.69, 9.17) is 5.26 Å². The molecule has 0 aliphatic heterocycles. The van der Waals surface area contributed by atoms with Crippen LogP contribution in [0.15, 0.2) is 34.8 Å². The molecule has 5 nitrogen and oxygen atoms in total. The van der Waals surface area contributed by atoms with Crippen molar-refractivity contribution in [3.05, 3.63) is 61.6 Å². The predicted molar refractivity (Wildman–Crippen MR) is 84.7 cm³/mol. The van der Waals surface area contributed by atoms with E-state index >= 15 is 0 Å². The van der Waals surface area contributed by atoms with Crippen LogP contribution in [0.5, 0.6) is 0 Å². The van der Waals surface area contributed by atoms with E-state index < -0.39 is 4.92 Å². The molecule has 1 N–H and O–H groups in total. The highest BCUT2D eigenvalue weighted by atomic mass is 79.9. The number of anilines is 2. The molecule has 0 aliphatic carbocycles. The molecule has 0 aromatic heterocycles. The van der Waals surface area contributed by atoms with E-state index in [1.165, 1.54) is 12.1 Å². The lowest BCUT2D eigenvalue weighted by atomic mass is 10.1. The van der Waals surface area contributed by atoms with Gasteiger partial charge in [-0.25, -0.2) is 0 Å². The zero-order valence-corrected chi connectivity index (χ0v) is 13.1. The minimum atomic E-state index is -0.515. The van der Waals surface area contributed by atoms with E-state index in [0.29, 0.717) is 5.69 Å². The van der Waals surface area contributed by atoms with Crippen LogP contribution in [-0.2, 0) is 0 Å². The highest BCUT2D eigenvalue weighted by molar-refractivity contribution is 9.10. The molecule has 2 rings (SSSR count). The number of non-ortho nitro benzene ring substituents is 1. The Labute approximate surface area is 130 Å². The molecule has 0 aliphatic rings. The van der Waals surface area contributed by atoms with Crippen molar-refractivity contribution in [1.29, 1.82) is 5.26 Å². The molecule has 0 atom stereocenters. The SMILES string of the molecule is Cc1cc(Nc2ccc([N+](=O)[O-])cc2C#N)cc(C)c1Br. The van der Waals surface area contributed by atoms with Crippen LogP contribution in [0.25, 0.3) is 0 Å². The highest BCUT2D eigenvalue weighted by Gasteiger charge is 2.11. The number of nitrogens with one attached hydrogen (secondary N) is 1. The van der Waals surface area contributed by atoms with Gasteiger partial charge in [0.15, 0.2) is 0 Å². The van der Waals surface area contributed by atoms with Crippen LogP contribution in [0.2, 0.25) is 0 Å². The summed E-state index contributed by atoms with van der Waals surface area (Å²) in [7, 11) is 0. The Kier molecular flexibility index (Phi) is 4.24. The van der Waals surface area contributed by atoms with Gasteiger partial charge in [0.2, 0.25) is 0 Å². The average molecular weight is 346 g/mol. The number of rotatable bonds is 3. The van der Waals surface area contributed by atoms with Crippen molar-refractivity contribution in [3.63, 3.8) is 0 Å². The molecule has 6 heteroatoms. The van der Waals surface area contributed by atoms with Gasteiger partial charge in [0.25, 0.3) is 5.69 Å². The average Bonchev–Trinajstić information content (AvgIpc) is 2.44. The number of hydrogen-bond donors (Lipinski definition) is 1. The van der Waals surface area contributed by atoms with Gasteiger partial charge >= 0.3 is 0 Å². The number of aryl methyl sites for hydroxylation is 2. The topological polar surface area (TPSA) is 79.0 Å². The number of nitro benzene ring substituents is 1. The van der Waals surface area contributed by atoms with Crippen LogP contribution in [0.4, 0.5) is 17.1 Å². The van der Waals surface area contributed by atoms with Crippen LogP contribution in [0.1, 0.15) is 16.7 Å². The first-order valence-corrected chi connectivity index (χ1v) is 6.94. The zero-order chi connectivity index (χ0) is 15.6. The third kappa shape index (κ3) is 3.20. The summed E-state index contributed by atoms with van der Waals surface area (Å²) in [6.07, 6.45) is 0. The highest BCUT2D eigenvalue weighted by Crippen LogP contribution is 2.29. The maximum Gasteiger partial charge on any atom is 0.270 e. The fourth-order valence-corrected chi connectivity index (χ4v) is 2.25. The van der Waals surface area contributed by atoms with Gasteiger partial charge < -0.3 is 5.32 Å². The summed E-state index contributed by atoms with van der Waals surface area (Å²) in [4.78, 5) is 10.2. The van der Waals surface area contributed by atoms with Gasteiger partial charge in [0.05, 0.1) is 16.2 Å². The van der Waals surface area contributed by atoms with E-state index in [-0.39, 0.29) is 11.3 Å². The quantitative estimate of drug-likeness (QED) is 0.651. The molecule has 0 saturated heterocycles. The minimum absolute atomic E-state index is 0.0970. The first-order chi connectivity index (χ1) is 9.92. The number of benzene rings is 2. The van der Waals surface area contributed by atoms with E-state index in [9.17, 15) is 10.1 Å². The summed E-state index contributed by atoms with van der Waals surface area (Å²) in [6.45, 7) is 3.95. The lowest BCUT2D eigenvalue weighted by Crippen LogP contribution is -1.97. The Morgan fingerprint density at radius 3 is 2.38 bits per heavy atom. The standard InChI is InChI=1S/C15H12BrN3O2/c1-9-5-12(6-10(2)15(9)16)18-14-4-3-13(19(20)21)7-11(14)8-17/h3-7,18H,1-2H3. The van der Waals surface area contributed by atoms with Crippen molar-refractivity contribution < 1.29 is 4.92 Å². The van der Waals surface area contributed by atoms with E-state index in [2.05, 4.69) is 21.2 Å². The lowest BCUT2D eigenvalue weighted by molar-refractivity contribution is -0.384. The maximum absolute atomic E-state index is 10.7. The van der Waals surface area contributed by atoms with Gasteiger partial charge in [-0.2, -0.15) is 5.26 Å². The molecule has 21 heavy (non-hydrogen) atoms. The molecule has 0 heterocycles. The second-order valence-electron chi connectivity index (χ2n) is 4.65. The molecule has 0 spiro atoms. The number of halogens is 1. The van der Waals surface area contributed by atoms with Crippen LogP contribution >= 0.6 is 15.9 Å². The molecule has 2 aromatic rings. The monoisotopic (exact) mass is 345 g/mol. The van der Waals surface area contributed by atoms with Crippen molar-refractivity contribution >= 4 is 33.0 Å². The molecule has 0 amide bonds. The Morgan fingerprint density at radius 2 is 1.86 bits per heavy atom. The Morgan fingerprint density at radius 1 is 1.24 bits per heavy atom. The van der Waals surface area contributed by atoms with Gasteiger partial charge in [-0.1, -0.05) is 15.9 Å². The third-order valence-electron chi connectivity index (χ3n) is 3.05. The molecule has 2 aromatic carbocycles. The van der Waals surface area contributed by atoms with Crippen molar-refractivity contribution in [1.82, 2.24) is 0 Å². The summed E-state index contributed by atoms with van der Waals surface area (Å²) in [5.74, 6) is 0. The fraction of sp³-hybridized carbons (Fsp3) is 0.133. The number of nitrogens with zero attached hydrogens (tertiary/aromatic N) is 2. The summed E-state index contributed by atoms with van der Waals surface area (Å²) in [5, 5.41) is 23.0. The van der Waals surface area contributed by atoms with Crippen molar-refractivity contribution in [2.45, 2.75) is 13.8 Å². The molecular weight excluding hydrogens is 334 g/mol. The first kappa shape index (κ1) is 15.0. The van der Waals surface area contributed by atoms with Crippen molar-refractivity contribution in [2.24, 2.45) is 0 Å². The summed E-state index contributed by atoms with van der Waals surface area (Å²) in [5.41, 5.74) is 3.65. The summed E-state index contributed by atoms with van der Waals surface area (Å²) >= 11 is 3.50. The minimum Gasteiger partial charge on any atom is -0.354 e. The smallest absolute Gasteiger partial charge is 0.270 e. The largest absolute Gasteiger partial charge is 0.354 e. The number of nitro groups is 1. The van der Waals surface area contributed by atoms with Gasteiger partial charge in [-0.05, 0) is 43.2 Å². The Hall–Kier alpha value is -2.39. The normalized spacial score (nSPS) is 10.0. The van der Waals surface area contributed by atoms with Crippen molar-refractivity contribution in [2.75, 3.05) is 5.32 Å². The molecule has 0 saturated carbocycles.